The van der Waals surface area contributed by atoms with Gasteiger partial charge in [0.1, 0.15) is 0 Å². The minimum Gasteiger partial charge on any atom is -0.325 e. The van der Waals surface area contributed by atoms with Crippen LogP contribution in [-0.4, -0.2) is 5.91 Å². The summed E-state index contributed by atoms with van der Waals surface area (Å²) in [4.78, 5) is 12.3. The zero-order chi connectivity index (χ0) is 12.3. The van der Waals surface area contributed by atoms with Gasteiger partial charge in [-0.2, -0.15) is 0 Å². The predicted molar refractivity (Wildman–Crippen MR) is 71.5 cm³/mol. The fourth-order valence-corrected chi connectivity index (χ4v) is 4.53. The van der Waals surface area contributed by atoms with E-state index in [-0.39, 0.29) is 11.8 Å². The summed E-state index contributed by atoms with van der Waals surface area (Å²) in [5.41, 5.74) is 3.58. The minimum atomic E-state index is 0.134. The Labute approximate surface area is 108 Å². The summed E-state index contributed by atoms with van der Waals surface area (Å²) in [6.07, 6.45) is 5.39. The predicted octanol–water partition coefficient (Wildman–Crippen LogP) is 3.47. The monoisotopic (exact) mass is 241 g/mol. The smallest absolute Gasteiger partial charge is 0.232 e. The van der Waals surface area contributed by atoms with Gasteiger partial charge >= 0.3 is 0 Å². The summed E-state index contributed by atoms with van der Waals surface area (Å²) < 4.78 is 0. The molecule has 2 saturated carbocycles. The first-order valence-corrected chi connectivity index (χ1v) is 7.14. The van der Waals surface area contributed by atoms with Crippen molar-refractivity contribution < 1.29 is 4.79 Å². The van der Waals surface area contributed by atoms with Crippen LogP contribution in [0.2, 0.25) is 0 Å². The molecule has 1 aromatic rings. The molecule has 2 bridgehead atoms. The molecule has 4 atom stereocenters. The molecule has 4 rings (SSSR count). The highest BCUT2D eigenvalue weighted by Crippen LogP contribution is 2.55. The third-order valence-corrected chi connectivity index (χ3v) is 5.30. The van der Waals surface area contributed by atoms with Gasteiger partial charge in [-0.05, 0) is 55.6 Å². The van der Waals surface area contributed by atoms with E-state index in [0.29, 0.717) is 5.92 Å². The van der Waals surface area contributed by atoms with Crippen LogP contribution in [-0.2, 0) is 4.79 Å². The number of hydrogen-bond donors (Lipinski definition) is 1. The number of carbonyl (C=O) groups excluding carboxylic acids is 1. The van der Waals surface area contributed by atoms with Crippen LogP contribution in [0.1, 0.15) is 42.7 Å². The first-order valence-electron chi connectivity index (χ1n) is 7.14. The maximum absolute atomic E-state index is 12.3. The topological polar surface area (TPSA) is 29.1 Å². The van der Waals surface area contributed by atoms with Crippen molar-refractivity contribution in [1.82, 2.24) is 0 Å². The number of rotatable bonds is 1. The van der Waals surface area contributed by atoms with E-state index in [4.69, 9.17) is 0 Å². The molecule has 18 heavy (non-hydrogen) atoms. The van der Waals surface area contributed by atoms with Crippen LogP contribution >= 0.6 is 0 Å². The first kappa shape index (κ1) is 10.6. The Bertz CT molecular complexity index is 522. The number of aryl methyl sites for hydroxylation is 1. The van der Waals surface area contributed by atoms with Crippen LogP contribution in [0.4, 0.5) is 5.69 Å². The summed E-state index contributed by atoms with van der Waals surface area (Å²) in [5.74, 6) is 2.69. The van der Waals surface area contributed by atoms with Crippen LogP contribution in [0, 0.1) is 24.7 Å². The molecule has 4 unspecified atom stereocenters. The quantitative estimate of drug-likeness (QED) is 0.801. The van der Waals surface area contributed by atoms with Crippen molar-refractivity contribution in [2.75, 3.05) is 5.32 Å². The van der Waals surface area contributed by atoms with E-state index in [0.717, 1.165) is 17.5 Å². The Morgan fingerprint density at radius 3 is 2.83 bits per heavy atom. The van der Waals surface area contributed by atoms with Gasteiger partial charge < -0.3 is 5.32 Å². The average Bonchev–Trinajstić information content (AvgIpc) is 3.01. The molecule has 0 radical (unpaired) electrons. The number of amides is 1. The molecule has 1 heterocycles. The zero-order valence-electron chi connectivity index (χ0n) is 10.8. The molecular weight excluding hydrogens is 222 g/mol. The molecule has 94 valence electrons. The number of carbonyl (C=O) groups is 1. The fourth-order valence-electron chi connectivity index (χ4n) is 4.53. The maximum Gasteiger partial charge on any atom is 0.232 e. The lowest BCUT2D eigenvalue weighted by Gasteiger charge is -2.26. The van der Waals surface area contributed by atoms with Crippen molar-refractivity contribution in [1.29, 1.82) is 0 Å². The van der Waals surface area contributed by atoms with E-state index in [1.165, 1.54) is 36.8 Å². The highest BCUT2D eigenvalue weighted by Gasteiger charge is 2.48. The summed E-state index contributed by atoms with van der Waals surface area (Å²) in [6, 6.07) is 6.36. The molecule has 0 aromatic heterocycles. The highest BCUT2D eigenvalue weighted by atomic mass is 16.2. The number of benzene rings is 1. The van der Waals surface area contributed by atoms with Crippen LogP contribution in [0.15, 0.2) is 18.2 Å². The third-order valence-electron chi connectivity index (χ3n) is 5.30. The first-order chi connectivity index (χ1) is 8.72. The van der Waals surface area contributed by atoms with Gasteiger partial charge in [-0.25, -0.2) is 0 Å². The molecule has 0 spiro atoms. The Morgan fingerprint density at radius 2 is 2.11 bits per heavy atom. The highest BCUT2D eigenvalue weighted by molar-refractivity contribution is 6.03. The van der Waals surface area contributed by atoms with Crippen molar-refractivity contribution in [2.45, 2.75) is 38.5 Å². The van der Waals surface area contributed by atoms with Gasteiger partial charge in [-0.15, -0.1) is 0 Å². The van der Waals surface area contributed by atoms with Gasteiger partial charge in [0.05, 0.1) is 5.92 Å². The fraction of sp³-hybridized carbons (Fsp3) is 0.562. The number of anilines is 1. The molecule has 2 heteroatoms. The Hall–Kier alpha value is -1.31. The third kappa shape index (κ3) is 1.38. The Kier molecular flexibility index (Phi) is 2.12. The largest absolute Gasteiger partial charge is 0.325 e. The zero-order valence-corrected chi connectivity index (χ0v) is 10.8. The van der Waals surface area contributed by atoms with Crippen molar-refractivity contribution in [3.05, 3.63) is 29.3 Å². The lowest BCUT2D eigenvalue weighted by molar-refractivity contribution is -0.118. The van der Waals surface area contributed by atoms with Crippen molar-refractivity contribution in [2.24, 2.45) is 17.8 Å². The van der Waals surface area contributed by atoms with Gasteiger partial charge in [0.25, 0.3) is 0 Å². The van der Waals surface area contributed by atoms with Crippen molar-refractivity contribution in [3.8, 4) is 0 Å². The molecule has 3 aliphatic rings. The van der Waals surface area contributed by atoms with Gasteiger partial charge in [0.15, 0.2) is 0 Å². The van der Waals surface area contributed by atoms with Crippen molar-refractivity contribution >= 4 is 11.6 Å². The SMILES string of the molecule is Cc1ccc2c(c1)C(C1CC3CCC1C3)C(=O)N2. The number of nitrogens with one attached hydrogen (secondary N) is 1. The van der Waals surface area contributed by atoms with Crippen LogP contribution in [0.3, 0.4) is 0 Å². The van der Waals surface area contributed by atoms with Gasteiger partial charge in [0.2, 0.25) is 5.91 Å². The second-order valence-electron chi connectivity index (χ2n) is 6.40. The summed E-state index contributed by atoms with van der Waals surface area (Å²) in [7, 11) is 0. The molecule has 1 aromatic carbocycles. The van der Waals surface area contributed by atoms with E-state index >= 15 is 0 Å². The number of hydrogen-bond acceptors (Lipinski definition) is 1. The second-order valence-corrected chi connectivity index (χ2v) is 6.40. The minimum absolute atomic E-state index is 0.134. The summed E-state index contributed by atoms with van der Waals surface area (Å²) in [5, 5.41) is 3.07. The maximum atomic E-state index is 12.3. The van der Waals surface area contributed by atoms with E-state index in [1.807, 2.05) is 0 Å². The average molecular weight is 241 g/mol. The molecule has 2 fully saturated rings. The standard InChI is InChI=1S/C16H19NO/c1-9-2-5-14-13(6-9)15(16(18)17-14)12-8-10-3-4-11(12)7-10/h2,5-6,10-12,15H,3-4,7-8H2,1H3,(H,17,18). The molecule has 2 aliphatic carbocycles. The van der Waals surface area contributed by atoms with Crippen molar-refractivity contribution in [3.63, 3.8) is 0 Å². The molecule has 1 amide bonds. The molecule has 0 saturated heterocycles. The second kappa shape index (κ2) is 3.59. The van der Waals surface area contributed by atoms with E-state index in [2.05, 4.69) is 30.4 Å². The molecule has 1 N–H and O–H groups in total. The van der Waals surface area contributed by atoms with Gasteiger partial charge in [0, 0.05) is 5.69 Å². The normalized spacial score (nSPS) is 36.8. The van der Waals surface area contributed by atoms with Crippen LogP contribution in [0.25, 0.3) is 0 Å². The molecule has 2 nitrogen and oxygen atoms in total. The molecular formula is C16H19NO. The van der Waals surface area contributed by atoms with E-state index in [9.17, 15) is 4.79 Å². The van der Waals surface area contributed by atoms with E-state index in [1.54, 1.807) is 0 Å². The van der Waals surface area contributed by atoms with Gasteiger partial charge in [-0.3, -0.25) is 4.79 Å². The van der Waals surface area contributed by atoms with Crippen LogP contribution < -0.4 is 5.32 Å². The lowest BCUT2D eigenvalue weighted by Crippen LogP contribution is -2.25. The summed E-state index contributed by atoms with van der Waals surface area (Å²) >= 11 is 0. The van der Waals surface area contributed by atoms with Gasteiger partial charge in [-0.1, -0.05) is 24.1 Å². The summed E-state index contributed by atoms with van der Waals surface area (Å²) in [6.45, 7) is 2.11. The Morgan fingerprint density at radius 1 is 1.22 bits per heavy atom. The van der Waals surface area contributed by atoms with E-state index < -0.39 is 0 Å². The lowest BCUT2D eigenvalue weighted by atomic mass is 9.76. The number of fused-ring (bicyclic) bond motifs is 3. The Balaban J connectivity index is 1.73. The molecule has 1 aliphatic heterocycles. The van der Waals surface area contributed by atoms with Crippen LogP contribution in [0.5, 0.6) is 0 Å².